The number of piperidine rings is 1. The molecule has 146 valence electrons. The topological polar surface area (TPSA) is 75.3 Å². The summed E-state index contributed by atoms with van der Waals surface area (Å²) in [5, 5.41) is 4.91. The lowest BCUT2D eigenvalue weighted by atomic mass is 9.84. The Balaban J connectivity index is 1.70. The average Bonchev–Trinajstić information content (AvgIpc) is 2.65. The maximum Gasteiger partial charge on any atom is 0.416 e. The molecule has 5 nitrogen and oxygen atoms in total. The van der Waals surface area contributed by atoms with Gasteiger partial charge in [0.2, 0.25) is 11.8 Å². The summed E-state index contributed by atoms with van der Waals surface area (Å²) in [7, 11) is 0. The highest BCUT2D eigenvalue weighted by Crippen LogP contribution is 2.30. The van der Waals surface area contributed by atoms with E-state index in [2.05, 4.69) is 10.6 Å². The standard InChI is InChI=1S/C20H17F3N2O3/c21-20(22,23)14-6-8-15(9-7-14)25-19(28)16-17(26)13(11-24-18(16)27)10-12-4-2-1-3-5-12/h1-9,13,16H,10-11H2,(H,24,27)(H,25,28). The highest BCUT2D eigenvalue weighted by molar-refractivity contribution is 6.23. The Labute approximate surface area is 158 Å². The Morgan fingerprint density at radius 1 is 1.04 bits per heavy atom. The Morgan fingerprint density at radius 2 is 1.68 bits per heavy atom. The van der Waals surface area contributed by atoms with E-state index in [9.17, 15) is 27.6 Å². The molecule has 0 bridgehead atoms. The highest BCUT2D eigenvalue weighted by atomic mass is 19.4. The molecule has 2 aromatic rings. The normalized spacial score (nSPS) is 19.8. The number of hydrogen-bond donors (Lipinski definition) is 2. The van der Waals surface area contributed by atoms with Gasteiger partial charge in [0.1, 0.15) is 0 Å². The summed E-state index contributed by atoms with van der Waals surface area (Å²) in [6.07, 6.45) is -4.11. The number of rotatable bonds is 4. The molecule has 1 saturated heterocycles. The van der Waals surface area contributed by atoms with Crippen LogP contribution in [0, 0.1) is 11.8 Å². The van der Waals surface area contributed by atoms with Gasteiger partial charge in [-0.15, -0.1) is 0 Å². The van der Waals surface area contributed by atoms with Crippen LogP contribution < -0.4 is 10.6 Å². The van der Waals surface area contributed by atoms with E-state index in [4.69, 9.17) is 0 Å². The molecule has 1 aliphatic heterocycles. The molecule has 2 aromatic carbocycles. The largest absolute Gasteiger partial charge is 0.416 e. The van der Waals surface area contributed by atoms with E-state index in [0.717, 1.165) is 29.8 Å². The molecule has 0 saturated carbocycles. The number of benzene rings is 2. The summed E-state index contributed by atoms with van der Waals surface area (Å²) in [5.74, 6) is -4.16. The van der Waals surface area contributed by atoms with Crippen molar-refractivity contribution < 1.29 is 27.6 Å². The van der Waals surface area contributed by atoms with E-state index in [0.29, 0.717) is 6.42 Å². The van der Waals surface area contributed by atoms with Crippen molar-refractivity contribution in [2.75, 3.05) is 11.9 Å². The first-order valence-electron chi connectivity index (χ1n) is 8.59. The number of halogens is 3. The van der Waals surface area contributed by atoms with Gasteiger partial charge >= 0.3 is 6.18 Å². The van der Waals surface area contributed by atoms with Gasteiger partial charge in [-0.05, 0) is 36.2 Å². The van der Waals surface area contributed by atoms with Crippen molar-refractivity contribution in [3.8, 4) is 0 Å². The minimum Gasteiger partial charge on any atom is -0.354 e. The molecule has 2 N–H and O–H groups in total. The maximum atomic E-state index is 12.7. The third kappa shape index (κ3) is 4.39. The molecule has 1 aliphatic rings. The molecule has 0 radical (unpaired) electrons. The van der Waals surface area contributed by atoms with Gasteiger partial charge in [0, 0.05) is 18.2 Å². The van der Waals surface area contributed by atoms with Gasteiger partial charge in [-0.2, -0.15) is 13.2 Å². The van der Waals surface area contributed by atoms with Crippen LogP contribution in [0.4, 0.5) is 18.9 Å². The van der Waals surface area contributed by atoms with Crippen LogP contribution in [-0.4, -0.2) is 24.1 Å². The zero-order chi connectivity index (χ0) is 20.3. The lowest BCUT2D eigenvalue weighted by molar-refractivity contribution is -0.144. The van der Waals surface area contributed by atoms with Crippen LogP contribution in [-0.2, 0) is 27.0 Å². The second-order valence-corrected chi connectivity index (χ2v) is 6.53. The number of ketones is 1. The molecule has 2 atom stereocenters. The van der Waals surface area contributed by atoms with E-state index in [-0.39, 0.29) is 12.2 Å². The average molecular weight is 390 g/mol. The fraction of sp³-hybridized carbons (Fsp3) is 0.250. The van der Waals surface area contributed by atoms with Crippen LogP contribution >= 0.6 is 0 Å². The van der Waals surface area contributed by atoms with Crippen molar-refractivity contribution in [3.63, 3.8) is 0 Å². The molecule has 1 heterocycles. The Hall–Kier alpha value is -3.16. The smallest absolute Gasteiger partial charge is 0.354 e. The molecule has 1 fully saturated rings. The van der Waals surface area contributed by atoms with Crippen molar-refractivity contribution in [1.29, 1.82) is 0 Å². The molecule has 8 heteroatoms. The van der Waals surface area contributed by atoms with Crippen molar-refractivity contribution >= 4 is 23.3 Å². The number of Topliss-reactive ketones (excluding diaryl/α,β-unsaturated/α-hetero) is 1. The number of amides is 2. The number of carbonyl (C=O) groups is 3. The Kier molecular flexibility index (Phi) is 5.48. The first-order valence-corrected chi connectivity index (χ1v) is 8.59. The quantitative estimate of drug-likeness (QED) is 0.789. The molecule has 0 spiro atoms. The van der Waals surface area contributed by atoms with Crippen molar-refractivity contribution in [3.05, 3.63) is 65.7 Å². The zero-order valence-corrected chi connectivity index (χ0v) is 14.6. The van der Waals surface area contributed by atoms with Crippen molar-refractivity contribution in [2.24, 2.45) is 11.8 Å². The van der Waals surface area contributed by atoms with Gasteiger partial charge < -0.3 is 10.6 Å². The van der Waals surface area contributed by atoms with Crippen molar-refractivity contribution in [1.82, 2.24) is 5.32 Å². The molecule has 0 aliphatic carbocycles. The van der Waals surface area contributed by atoms with E-state index in [1.807, 2.05) is 30.3 Å². The van der Waals surface area contributed by atoms with Gasteiger partial charge in [0.15, 0.2) is 11.7 Å². The minimum absolute atomic E-state index is 0.0729. The summed E-state index contributed by atoms with van der Waals surface area (Å²) in [6.45, 7) is 0.136. The molecule has 2 amide bonds. The fourth-order valence-electron chi connectivity index (χ4n) is 3.07. The molecule has 28 heavy (non-hydrogen) atoms. The Morgan fingerprint density at radius 3 is 2.29 bits per heavy atom. The first kappa shape index (κ1) is 19.6. The van der Waals surface area contributed by atoms with E-state index in [1.54, 1.807) is 0 Å². The van der Waals surface area contributed by atoms with Gasteiger partial charge in [-0.1, -0.05) is 30.3 Å². The van der Waals surface area contributed by atoms with E-state index in [1.165, 1.54) is 0 Å². The number of hydrogen-bond acceptors (Lipinski definition) is 3. The summed E-state index contributed by atoms with van der Waals surface area (Å²) in [6, 6.07) is 13.0. The number of nitrogens with one attached hydrogen (secondary N) is 2. The highest BCUT2D eigenvalue weighted by Gasteiger charge is 2.42. The minimum atomic E-state index is -4.49. The number of carbonyl (C=O) groups excluding carboxylic acids is 3. The van der Waals surface area contributed by atoms with Crippen LogP contribution in [0.2, 0.25) is 0 Å². The van der Waals surface area contributed by atoms with Crippen molar-refractivity contribution in [2.45, 2.75) is 12.6 Å². The number of alkyl halides is 3. The Bertz CT molecular complexity index is 880. The van der Waals surface area contributed by atoms with Crippen LogP contribution in [0.5, 0.6) is 0 Å². The van der Waals surface area contributed by atoms with Gasteiger partial charge in [-0.3, -0.25) is 14.4 Å². The predicted octanol–water partition coefficient (Wildman–Crippen LogP) is 2.82. The summed E-state index contributed by atoms with van der Waals surface area (Å²) in [5.41, 5.74) is 0.114. The van der Waals surface area contributed by atoms with E-state index < -0.39 is 41.2 Å². The summed E-state index contributed by atoms with van der Waals surface area (Å²) >= 11 is 0. The van der Waals surface area contributed by atoms with Gasteiger partial charge in [-0.25, -0.2) is 0 Å². The molecular formula is C20H17F3N2O3. The summed E-state index contributed by atoms with van der Waals surface area (Å²) in [4.78, 5) is 37.2. The van der Waals surface area contributed by atoms with Crippen LogP contribution in [0.1, 0.15) is 11.1 Å². The summed E-state index contributed by atoms with van der Waals surface area (Å²) < 4.78 is 37.8. The molecular weight excluding hydrogens is 373 g/mol. The van der Waals surface area contributed by atoms with E-state index >= 15 is 0 Å². The van der Waals surface area contributed by atoms with Gasteiger partial charge in [0.25, 0.3) is 0 Å². The third-order valence-corrected chi connectivity index (χ3v) is 4.54. The van der Waals surface area contributed by atoms with Crippen LogP contribution in [0.3, 0.4) is 0 Å². The second kappa shape index (κ2) is 7.84. The van der Waals surface area contributed by atoms with Gasteiger partial charge in [0.05, 0.1) is 5.56 Å². The second-order valence-electron chi connectivity index (χ2n) is 6.53. The zero-order valence-electron chi connectivity index (χ0n) is 14.6. The third-order valence-electron chi connectivity index (χ3n) is 4.54. The molecule has 3 rings (SSSR count). The maximum absolute atomic E-state index is 12.7. The fourth-order valence-corrected chi connectivity index (χ4v) is 3.07. The first-order chi connectivity index (χ1) is 13.3. The SMILES string of the molecule is O=C1NCC(Cc2ccccc2)C(=O)C1C(=O)Nc1ccc(C(F)(F)F)cc1. The predicted molar refractivity (Wildman–Crippen MR) is 95.2 cm³/mol. The lowest BCUT2D eigenvalue weighted by Gasteiger charge is -2.27. The van der Waals surface area contributed by atoms with Crippen LogP contribution in [0.25, 0.3) is 0 Å². The van der Waals surface area contributed by atoms with Crippen LogP contribution in [0.15, 0.2) is 54.6 Å². The number of anilines is 1. The lowest BCUT2D eigenvalue weighted by Crippen LogP contribution is -2.53. The molecule has 0 aromatic heterocycles. The monoisotopic (exact) mass is 390 g/mol. The molecule has 2 unspecified atom stereocenters.